The van der Waals surface area contributed by atoms with E-state index in [0.717, 1.165) is 0 Å². The molecule has 0 saturated heterocycles. The van der Waals surface area contributed by atoms with Gasteiger partial charge in [-0.05, 0) is 37.9 Å². The third-order valence-corrected chi connectivity index (χ3v) is 4.03. The summed E-state index contributed by atoms with van der Waals surface area (Å²) in [5.74, 6) is -0.00643. The highest BCUT2D eigenvalue weighted by molar-refractivity contribution is 7.98. The molecule has 0 atom stereocenters. The molecule has 2 rings (SSSR count). The molecule has 2 amide bonds. The van der Waals surface area contributed by atoms with Gasteiger partial charge in [-0.2, -0.15) is 0 Å². The molecule has 3 nitrogen and oxygen atoms in total. The fourth-order valence-corrected chi connectivity index (χ4v) is 2.52. The number of carbonyl (C=O) groups excluding carboxylic acids is 2. The second-order valence-electron chi connectivity index (χ2n) is 4.44. The second kappa shape index (κ2) is 4.35. The number of benzene rings is 1. The van der Waals surface area contributed by atoms with E-state index in [4.69, 9.17) is 11.6 Å². The van der Waals surface area contributed by atoms with Crippen molar-refractivity contribution >= 4 is 35.4 Å². The van der Waals surface area contributed by atoms with Gasteiger partial charge in [0, 0.05) is 10.6 Å². The fourth-order valence-electron chi connectivity index (χ4n) is 1.50. The van der Waals surface area contributed by atoms with Gasteiger partial charge >= 0.3 is 0 Å². The Balaban J connectivity index is 2.19. The van der Waals surface area contributed by atoms with E-state index in [1.54, 1.807) is 24.3 Å². The summed E-state index contributed by atoms with van der Waals surface area (Å²) >= 11 is 7.21. The Hall–Kier alpha value is -1.00. The summed E-state index contributed by atoms with van der Waals surface area (Å²) in [7, 11) is 0. The largest absolute Gasteiger partial charge is 0.271 e. The second-order valence-corrected chi connectivity index (χ2v) is 6.38. The van der Waals surface area contributed by atoms with Crippen molar-refractivity contribution in [1.82, 2.24) is 4.31 Å². The minimum Gasteiger partial charge on any atom is -0.268 e. The van der Waals surface area contributed by atoms with Crippen LogP contribution in [0.15, 0.2) is 24.3 Å². The third kappa shape index (κ3) is 2.48. The number of rotatable bonds is 3. The van der Waals surface area contributed by atoms with Crippen molar-refractivity contribution in [2.24, 2.45) is 0 Å². The Labute approximate surface area is 109 Å². The van der Waals surface area contributed by atoms with Crippen LogP contribution in [0.4, 0.5) is 0 Å². The zero-order valence-electron chi connectivity index (χ0n) is 9.57. The highest BCUT2D eigenvalue weighted by Crippen LogP contribution is 2.31. The summed E-state index contributed by atoms with van der Waals surface area (Å²) in [5.41, 5.74) is 0.940. The lowest BCUT2D eigenvalue weighted by atomic mass is 10.1. The van der Waals surface area contributed by atoms with E-state index in [1.807, 2.05) is 13.8 Å². The zero-order valence-corrected chi connectivity index (χ0v) is 11.1. The van der Waals surface area contributed by atoms with Crippen molar-refractivity contribution in [3.05, 3.63) is 35.4 Å². The van der Waals surface area contributed by atoms with Gasteiger partial charge in [0.15, 0.2) is 0 Å². The van der Waals surface area contributed by atoms with E-state index in [0.29, 0.717) is 16.9 Å². The van der Waals surface area contributed by atoms with Crippen LogP contribution in [0.25, 0.3) is 0 Å². The van der Waals surface area contributed by atoms with Crippen LogP contribution >= 0.6 is 23.5 Å². The molecule has 1 aliphatic heterocycles. The van der Waals surface area contributed by atoms with Crippen molar-refractivity contribution < 1.29 is 9.59 Å². The molecule has 0 N–H and O–H groups in total. The van der Waals surface area contributed by atoms with Gasteiger partial charge in [0.1, 0.15) is 0 Å². The maximum absolute atomic E-state index is 12.0. The lowest BCUT2D eigenvalue weighted by Crippen LogP contribution is -2.26. The molecule has 1 aromatic carbocycles. The number of imide groups is 1. The van der Waals surface area contributed by atoms with Crippen LogP contribution in [0.2, 0.25) is 0 Å². The number of fused-ring (bicyclic) bond motifs is 1. The summed E-state index contributed by atoms with van der Waals surface area (Å²) in [6.07, 6.45) is 0. The molecule has 0 spiro atoms. The molecule has 1 heterocycles. The van der Waals surface area contributed by atoms with Crippen LogP contribution in [0.3, 0.4) is 0 Å². The predicted octanol–water partition coefficient (Wildman–Crippen LogP) is 2.95. The Morgan fingerprint density at radius 1 is 1.18 bits per heavy atom. The van der Waals surface area contributed by atoms with E-state index in [2.05, 4.69) is 0 Å². The number of carbonyl (C=O) groups is 2. The maximum Gasteiger partial charge on any atom is 0.271 e. The number of alkyl halides is 1. The molecule has 0 radical (unpaired) electrons. The van der Waals surface area contributed by atoms with Gasteiger partial charge in [0.25, 0.3) is 11.8 Å². The number of hydrogen-bond donors (Lipinski definition) is 0. The van der Waals surface area contributed by atoms with Crippen LogP contribution in [0.1, 0.15) is 34.6 Å². The zero-order chi connectivity index (χ0) is 12.6. The molecule has 1 aromatic rings. The molecule has 5 heteroatoms. The van der Waals surface area contributed by atoms with E-state index >= 15 is 0 Å². The summed E-state index contributed by atoms with van der Waals surface area (Å²) in [4.78, 5) is 23.5. The van der Waals surface area contributed by atoms with Crippen LogP contribution in [0, 0.1) is 0 Å². The standard InChI is InChI=1S/C12H12ClNO2S/c1-12(2,13)7-17-14-10(15)8-5-3-4-6-9(8)11(14)16/h3-6H,7H2,1-2H3. The van der Waals surface area contributed by atoms with E-state index < -0.39 is 4.87 Å². The average molecular weight is 270 g/mol. The number of amides is 2. The van der Waals surface area contributed by atoms with Crippen LogP contribution in [-0.2, 0) is 0 Å². The van der Waals surface area contributed by atoms with Gasteiger partial charge in [0.05, 0.1) is 11.1 Å². The smallest absolute Gasteiger partial charge is 0.268 e. The van der Waals surface area contributed by atoms with E-state index in [1.165, 1.54) is 16.3 Å². The number of hydrogen-bond acceptors (Lipinski definition) is 3. The normalized spacial score (nSPS) is 15.4. The Bertz CT molecular complexity index is 447. The SMILES string of the molecule is CC(C)(Cl)CSN1C(=O)c2ccccc2C1=O. The van der Waals surface area contributed by atoms with Gasteiger partial charge in [0.2, 0.25) is 0 Å². The van der Waals surface area contributed by atoms with E-state index in [9.17, 15) is 9.59 Å². The van der Waals surface area contributed by atoms with Crippen molar-refractivity contribution in [3.63, 3.8) is 0 Å². The first-order valence-corrected chi connectivity index (χ1v) is 6.52. The topological polar surface area (TPSA) is 37.4 Å². The summed E-state index contributed by atoms with van der Waals surface area (Å²) < 4.78 is 1.19. The molecular formula is C12H12ClNO2S. The van der Waals surface area contributed by atoms with Gasteiger partial charge in [-0.25, -0.2) is 4.31 Å². The quantitative estimate of drug-likeness (QED) is 0.481. The molecule has 0 saturated carbocycles. The third-order valence-electron chi connectivity index (χ3n) is 2.29. The van der Waals surface area contributed by atoms with Crippen molar-refractivity contribution in [2.45, 2.75) is 18.7 Å². The number of halogens is 1. The number of nitrogens with zero attached hydrogens (tertiary/aromatic N) is 1. The van der Waals surface area contributed by atoms with Crippen molar-refractivity contribution in [2.75, 3.05) is 5.75 Å². The molecule has 0 aliphatic carbocycles. The Morgan fingerprint density at radius 2 is 1.65 bits per heavy atom. The van der Waals surface area contributed by atoms with Gasteiger partial charge in [-0.15, -0.1) is 11.6 Å². The molecule has 0 aromatic heterocycles. The monoisotopic (exact) mass is 269 g/mol. The van der Waals surface area contributed by atoms with E-state index in [-0.39, 0.29) is 11.8 Å². The van der Waals surface area contributed by atoms with Gasteiger partial charge < -0.3 is 0 Å². The average Bonchev–Trinajstić information content (AvgIpc) is 2.49. The van der Waals surface area contributed by atoms with Gasteiger partial charge in [-0.3, -0.25) is 9.59 Å². The molecule has 17 heavy (non-hydrogen) atoms. The van der Waals surface area contributed by atoms with Crippen LogP contribution in [-0.4, -0.2) is 26.7 Å². The van der Waals surface area contributed by atoms with Crippen LogP contribution in [0.5, 0.6) is 0 Å². The minimum atomic E-state index is -0.444. The molecule has 90 valence electrons. The van der Waals surface area contributed by atoms with Crippen LogP contribution < -0.4 is 0 Å². The maximum atomic E-state index is 12.0. The predicted molar refractivity (Wildman–Crippen MR) is 69.3 cm³/mol. The molecule has 1 aliphatic rings. The minimum absolute atomic E-state index is 0.253. The van der Waals surface area contributed by atoms with Gasteiger partial charge in [-0.1, -0.05) is 12.1 Å². The van der Waals surface area contributed by atoms with Crippen molar-refractivity contribution in [3.8, 4) is 0 Å². The lowest BCUT2D eigenvalue weighted by molar-refractivity contribution is 0.0777. The molecule has 0 fully saturated rings. The lowest BCUT2D eigenvalue weighted by Gasteiger charge is -2.18. The van der Waals surface area contributed by atoms with Crippen molar-refractivity contribution in [1.29, 1.82) is 0 Å². The highest BCUT2D eigenvalue weighted by Gasteiger charge is 2.36. The first-order valence-electron chi connectivity index (χ1n) is 5.20. The molecule has 0 unspecified atom stereocenters. The highest BCUT2D eigenvalue weighted by atomic mass is 35.5. The fraction of sp³-hybridized carbons (Fsp3) is 0.333. The first-order chi connectivity index (χ1) is 7.90. The molecule has 0 bridgehead atoms. The Kier molecular flexibility index (Phi) is 3.19. The summed E-state index contributed by atoms with van der Waals surface area (Å²) in [5, 5.41) is 0. The summed E-state index contributed by atoms with van der Waals surface area (Å²) in [6.45, 7) is 3.69. The summed E-state index contributed by atoms with van der Waals surface area (Å²) in [6, 6.07) is 6.84. The Morgan fingerprint density at radius 3 is 2.06 bits per heavy atom. The molecular weight excluding hydrogens is 258 g/mol. The first kappa shape index (κ1) is 12.5.